The molecule has 0 aliphatic carbocycles. The molecule has 0 aliphatic heterocycles. The summed E-state index contributed by atoms with van der Waals surface area (Å²) in [6.07, 6.45) is 4.36. The zero-order valence-corrected chi connectivity index (χ0v) is 15.5. The second kappa shape index (κ2) is 12.4. The van der Waals surface area contributed by atoms with E-state index in [1.165, 1.54) is 0 Å². The Morgan fingerprint density at radius 3 is 2.39 bits per heavy atom. The molecule has 0 aliphatic rings. The first-order valence-corrected chi connectivity index (χ1v) is 10.4. The second-order valence-electron chi connectivity index (χ2n) is 4.89. The Hall–Kier alpha value is -0.993. The molecule has 1 aromatic rings. The smallest absolute Gasteiger partial charge is 0.463 e. The Kier molecular flexibility index (Phi) is 10.8. The van der Waals surface area contributed by atoms with Crippen molar-refractivity contribution in [3.05, 3.63) is 24.2 Å². The molecule has 23 heavy (non-hydrogen) atoms. The molecule has 0 amide bonds. The predicted octanol–water partition coefficient (Wildman–Crippen LogP) is 2.73. The lowest BCUT2D eigenvalue weighted by Crippen LogP contribution is -2.46. The Bertz CT molecular complexity index is 395. The van der Waals surface area contributed by atoms with Gasteiger partial charge in [-0.2, -0.15) is 0 Å². The number of hydrogen-bond donors (Lipinski definition) is 1. The highest BCUT2D eigenvalue weighted by Gasteiger charge is 2.39. The van der Waals surface area contributed by atoms with E-state index in [1.807, 2.05) is 32.9 Å². The molecule has 0 saturated heterocycles. The van der Waals surface area contributed by atoms with Crippen LogP contribution in [0.1, 0.15) is 33.0 Å². The van der Waals surface area contributed by atoms with Gasteiger partial charge in [0.05, 0.1) is 19.0 Å². The maximum Gasteiger partial charge on any atom is 0.500 e. The van der Waals surface area contributed by atoms with Crippen molar-refractivity contribution < 1.29 is 17.7 Å². The lowest BCUT2D eigenvalue weighted by Gasteiger charge is -2.28. The lowest BCUT2D eigenvalue weighted by atomic mass is 10.4. The van der Waals surface area contributed by atoms with Crippen molar-refractivity contribution in [1.82, 2.24) is 5.32 Å². The monoisotopic (exact) mass is 342 g/mol. The third-order valence-corrected chi connectivity index (χ3v) is 6.26. The van der Waals surface area contributed by atoms with Crippen molar-refractivity contribution in [3.63, 3.8) is 0 Å². The van der Waals surface area contributed by atoms with Gasteiger partial charge in [-0.15, -0.1) is 0 Å². The topological polar surface area (TPSA) is 65.2 Å². The highest BCUT2D eigenvalue weighted by Crippen LogP contribution is 2.17. The zero-order valence-electron chi connectivity index (χ0n) is 14.5. The summed E-state index contributed by atoms with van der Waals surface area (Å²) in [5, 5.41) is 3.38. The van der Waals surface area contributed by atoms with Gasteiger partial charge in [0.25, 0.3) is 0 Å². The van der Waals surface area contributed by atoms with Gasteiger partial charge in [-0.25, -0.2) is 0 Å². The minimum atomic E-state index is -2.49. The van der Waals surface area contributed by atoms with Crippen molar-refractivity contribution in [2.75, 3.05) is 39.5 Å². The fraction of sp³-hybridized carbons (Fsp3) is 0.688. The Balaban J connectivity index is 2.17. The molecule has 0 spiro atoms. The van der Waals surface area contributed by atoms with Crippen molar-refractivity contribution in [2.45, 2.75) is 33.2 Å². The van der Waals surface area contributed by atoms with Gasteiger partial charge >= 0.3 is 8.80 Å². The Morgan fingerprint density at radius 1 is 1.13 bits per heavy atom. The van der Waals surface area contributed by atoms with Gasteiger partial charge in [-0.1, -0.05) is 0 Å². The fourth-order valence-corrected chi connectivity index (χ4v) is 4.83. The van der Waals surface area contributed by atoms with E-state index in [4.69, 9.17) is 17.7 Å². The van der Waals surface area contributed by atoms with E-state index in [-0.39, 0.29) is 0 Å². The first-order chi connectivity index (χ1) is 11.3. The highest BCUT2D eigenvalue weighted by atomic mass is 28.4. The van der Waals surface area contributed by atoms with Crippen LogP contribution < -0.4 is 5.32 Å². The maximum atomic E-state index is 5.83. The van der Waals surface area contributed by atoms with E-state index < -0.39 is 8.80 Å². The third kappa shape index (κ3) is 8.43. The molecular weight excluding hydrogens is 312 g/mol. The quantitative estimate of drug-likeness (QED) is 0.320. The van der Waals surface area contributed by atoms with Crippen LogP contribution in [0.5, 0.6) is 0 Å². The summed E-state index contributed by atoms with van der Waals surface area (Å²) in [5.74, 6) is 0.783. The van der Waals surface area contributed by atoms with Crippen molar-refractivity contribution in [2.24, 2.45) is 4.99 Å². The molecule has 132 valence electrons. The molecule has 1 N–H and O–H groups in total. The van der Waals surface area contributed by atoms with Gasteiger partial charge in [0.2, 0.25) is 0 Å². The Morgan fingerprint density at radius 2 is 1.83 bits per heavy atom. The van der Waals surface area contributed by atoms with Crippen LogP contribution in [0.15, 0.2) is 27.8 Å². The van der Waals surface area contributed by atoms with Gasteiger partial charge in [-0.05, 0) is 45.9 Å². The highest BCUT2D eigenvalue weighted by molar-refractivity contribution is 6.60. The maximum absolute atomic E-state index is 5.83. The van der Waals surface area contributed by atoms with E-state index in [9.17, 15) is 0 Å². The largest absolute Gasteiger partial charge is 0.500 e. The lowest BCUT2D eigenvalue weighted by molar-refractivity contribution is 0.0708. The van der Waals surface area contributed by atoms with E-state index >= 15 is 0 Å². The first-order valence-electron chi connectivity index (χ1n) is 8.42. The summed E-state index contributed by atoms with van der Waals surface area (Å²) in [6.45, 7) is 10.3. The summed E-state index contributed by atoms with van der Waals surface area (Å²) in [4.78, 5) is 4.30. The van der Waals surface area contributed by atoms with Crippen LogP contribution in [0.4, 0.5) is 0 Å². The van der Waals surface area contributed by atoms with Gasteiger partial charge in [0.15, 0.2) is 0 Å². The number of rotatable bonds is 14. The molecule has 0 bridgehead atoms. The van der Waals surface area contributed by atoms with Gasteiger partial charge in [0, 0.05) is 32.4 Å². The minimum Gasteiger partial charge on any atom is -0.463 e. The van der Waals surface area contributed by atoms with Crippen molar-refractivity contribution in [1.29, 1.82) is 0 Å². The second-order valence-corrected chi connectivity index (χ2v) is 7.62. The van der Waals surface area contributed by atoms with Gasteiger partial charge in [-0.3, -0.25) is 4.99 Å². The summed E-state index contributed by atoms with van der Waals surface area (Å²) in [7, 11) is -2.49. The summed E-state index contributed by atoms with van der Waals surface area (Å²) in [5.41, 5.74) is 0. The molecule has 0 fully saturated rings. The molecule has 6 nitrogen and oxygen atoms in total. The molecule has 0 saturated carbocycles. The number of aliphatic imine (C=N–C) groups is 1. The van der Waals surface area contributed by atoms with Crippen LogP contribution in [0.3, 0.4) is 0 Å². The van der Waals surface area contributed by atoms with E-state index in [0.717, 1.165) is 37.9 Å². The fourth-order valence-electron chi connectivity index (χ4n) is 2.22. The molecule has 1 heterocycles. The van der Waals surface area contributed by atoms with Crippen LogP contribution in [0, 0.1) is 0 Å². The normalized spacial score (nSPS) is 12.3. The molecule has 7 heteroatoms. The van der Waals surface area contributed by atoms with Crippen LogP contribution in [-0.2, 0) is 13.3 Å². The average Bonchev–Trinajstić information content (AvgIpc) is 3.04. The summed E-state index contributed by atoms with van der Waals surface area (Å²) in [6, 6.07) is 4.58. The predicted molar refractivity (Wildman–Crippen MR) is 94.1 cm³/mol. The van der Waals surface area contributed by atoms with Crippen molar-refractivity contribution in [3.8, 4) is 0 Å². The van der Waals surface area contributed by atoms with Crippen LogP contribution >= 0.6 is 0 Å². The average molecular weight is 343 g/mol. The molecule has 0 aromatic carbocycles. The number of hydrogen-bond acceptors (Lipinski definition) is 6. The molecule has 1 aromatic heterocycles. The Labute approximate surface area is 140 Å². The molecule has 1 rings (SSSR count). The minimum absolute atomic E-state index is 0.626. The van der Waals surface area contributed by atoms with E-state index in [2.05, 4.69) is 10.3 Å². The van der Waals surface area contributed by atoms with Crippen LogP contribution in [0.2, 0.25) is 6.04 Å². The number of furan rings is 1. The first kappa shape index (κ1) is 20.1. The SMILES string of the molecule is CCO[Si](CCCNCCN=Cc1ccco1)(OCC)OCC. The summed E-state index contributed by atoms with van der Waals surface area (Å²) < 4.78 is 22.7. The van der Waals surface area contributed by atoms with Gasteiger partial charge < -0.3 is 23.0 Å². The standard InChI is InChI=1S/C16H30N2O4Si/c1-4-20-23(21-5-2,22-6-3)14-8-10-17-11-12-18-15-16-9-7-13-19-16/h7,9,13,15,17H,4-6,8,10-12,14H2,1-3H3. The van der Waals surface area contributed by atoms with E-state index in [0.29, 0.717) is 19.8 Å². The number of nitrogens with one attached hydrogen (secondary N) is 1. The molecular formula is C16H30N2O4Si. The zero-order chi connectivity index (χ0) is 16.8. The molecule has 0 unspecified atom stereocenters. The molecule has 0 radical (unpaired) electrons. The third-order valence-electron chi connectivity index (χ3n) is 3.11. The number of nitrogens with zero attached hydrogens (tertiary/aromatic N) is 1. The summed E-state index contributed by atoms with van der Waals surface area (Å²) >= 11 is 0. The van der Waals surface area contributed by atoms with Gasteiger partial charge in [0.1, 0.15) is 5.76 Å². The van der Waals surface area contributed by atoms with Crippen LogP contribution in [0.25, 0.3) is 0 Å². The van der Waals surface area contributed by atoms with Crippen LogP contribution in [-0.4, -0.2) is 54.5 Å². The van der Waals surface area contributed by atoms with Crippen molar-refractivity contribution >= 4 is 15.0 Å². The molecule has 0 atom stereocenters. The van der Waals surface area contributed by atoms with E-state index in [1.54, 1.807) is 12.5 Å².